The molecule has 4 aromatic rings. The third-order valence-electron chi connectivity index (χ3n) is 10.5. The molecule has 54 heavy (non-hydrogen) atoms. The van der Waals surface area contributed by atoms with Crippen LogP contribution in [0.5, 0.6) is 0 Å². The van der Waals surface area contributed by atoms with Crippen molar-refractivity contribution < 1.29 is 26.4 Å². The van der Waals surface area contributed by atoms with Gasteiger partial charge in [0.25, 0.3) is 11.8 Å². The van der Waals surface area contributed by atoms with Crippen molar-refractivity contribution in [2.45, 2.75) is 64.2 Å². The average molecular weight is 771 g/mol. The van der Waals surface area contributed by atoms with Gasteiger partial charge in [-0.25, -0.2) is 16.8 Å². The zero-order valence-electron chi connectivity index (χ0n) is 31.8. The summed E-state index contributed by atoms with van der Waals surface area (Å²) in [5.74, 6) is 0.503. The third-order valence-corrected chi connectivity index (χ3v) is 14.2. The smallest absolute Gasteiger partial charge is 0.255 e. The molecule has 2 aliphatic heterocycles. The second-order valence-electron chi connectivity index (χ2n) is 15.6. The van der Waals surface area contributed by atoms with Crippen LogP contribution in [0.15, 0.2) is 94.7 Å². The highest BCUT2D eigenvalue weighted by Gasteiger charge is 2.33. The van der Waals surface area contributed by atoms with Crippen LogP contribution in [-0.2, 0) is 20.0 Å². The molecule has 286 valence electrons. The van der Waals surface area contributed by atoms with Crippen LogP contribution in [0.4, 0.5) is 11.4 Å². The molecule has 0 aromatic heterocycles. The lowest BCUT2D eigenvalue weighted by Gasteiger charge is -2.34. The summed E-state index contributed by atoms with van der Waals surface area (Å²) in [4.78, 5) is 26.7. The number of carbonyl (C=O) groups excluding carboxylic acids is 2. The van der Waals surface area contributed by atoms with E-state index in [0.29, 0.717) is 72.4 Å². The molecule has 2 heterocycles. The number of carbonyl (C=O) groups is 2. The second kappa shape index (κ2) is 15.8. The van der Waals surface area contributed by atoms with E-state index >= 15 is 0 Å². The Hall–Kier alpha value is -4.36. The molecule has 2 fully saturated rings. The van der Waals surface area contributed by atoms with Gasteiger partial charge in [0, 0.05) is 48.7 Å². The average Bonchev–Trinajstić information content (AvgIpc) is 3.12. The Labute approximate surface area is 320 Å². The Morgan fingerprint density at radius 2 is 0.833 bits per heavy atom. The first-order valence-electron chi connectivity index (χ1n) is 18.6. The lowest BCUT2D eigenvalue weighted by atomic mass is 9.94. The molecule has 4 aromatic carbocycles. The van der Waals surface area contributed by atoms with Crippen LogP contribution in [0.1, 0.15) is 72.4 Å². The van der Waals surface area contributed by atoms with Crippen LogP contribution in [0.2, 0.25) is 0 Å². The number of benzene rings is 4. The number of aryl methyl sites for hydroxylation is 2. The Balaban J connectivity index is 1.08. The Morgan fingerprint density at radius 3 is 1.13 bits per heavy atom. The van der Waals surface area contributed by atoms with Crippen molar-refractivity contribution in [2.75, 3.05) is 36.8 Å². The maximum absolute atomic E-state index is 13.3. The molecule has 2 aliphatic rings. The zero-order chi connectivity index (χ0) is 38.9. The SMILES string of the molecule is Cc1cc(-c2ccc(NC(=O)c3ccc(S(=O)(=O)N4CC(C)CC(C)C4)cc3)c(C)c2)ccc1NC(=O)c1ccc(S(=O)(=O)N2CC(C)CC(C)C2)cc1. The van der Waals surface area contributed by atoms with Crippen molar-refractivity contribution in [1.29, 1.82) is 0 Å². The van der Waals surface area contributed by atoms with Gasteiger partial charge < -0.3 is 10.6 Å². The van der Waals surface area contributed by atoms with Crippen LogP contribution in [0, 0.1) is 37.5 Å². The second-order valence-corrected chi connectivity index (χ2v) is 19.4. The fourth-order valence-corrected chi connectivity index (χ4v) is 11.2. The van der Waals surface area contributed by atoms with Crippen molar-refractivity contribution in [1.82, 2.24) is 8.61 Å². The fraction of sp³-hybridized carbons (Fsp3) is 0.381. The van der Waals surface area contributed by atoms with E-state index in [9.17, 15) is 26.4 Å². The number of sulfonamides is 2. The highest BCUT2D eigenvalue weighted by Crippen LogP contribution is 2.31. The number of amides is 2. The molecule has 0 spiro atoms. The molecular formula is C42H50N4O6S2. The van der Waals surface area contributed by atoms with Crippen LogP contribution in [0.3, 0.4) is 0 Å². The van der Waals surface area contributed by atoms with Crippen LogP contribution in [0.25, 0.3) is 11.1 Å². The number of rotatable bonds is 9. The predicted molar refractivity (Wildman–Crippen MR) is 214 cm³/mol. The summed E-state index contributed by atoms with van der Waals surface area (Å²) in [6.45, 7) is 14.1. The molecular weight excluding hydrogens is 721 g/mol. The van der Waals surface area contributed by atoms with Gasteiger partial charge in [0.15, 0.2) is 0 Å². The topological polar surface area (TPSA) is 133 Å². The van der Waals surface area contributed by atoms with Crippen molar-refractivity contribution >= 4 is 43.2 Å². The van der Waals surface area contributed by atoms with Crippen molar-refractivity contribution in [3.05, 3.63) is 107 Å². The maximum atomic E-state index is 13.3. The number of hydrogen-bond acceptors (Lipinski definition) is 6. The number of nitrogens with one attached hydrogen (secondary N) is 2. The Kier molecular flexibility index (Phi) is 11.5. The summed E-state index contributed by atoms with van der Waals surface area (Å²) in [7, 11) is -7.29. The van der Waals surface area contributed by atoms with Gasteiger partial charge in [-0.05, 0) is 145 Å². The zero-order valence-corrected chi connectivity index (χ0v) is 33.4. The van der Waals surface area contributed by atoms with Gasteiger partial charge in [-0.15, -0.1) is 0 Å². The standard InChI is InChI=1S/C42H50N4O6S2/c1-27-19-28(2)24-45(23-27)53(49,50)37-13-7-33(8-14-37)41(47)43-39-17-11-35(21-31(39)5)36-12-18-40(32(6)22-36)44-42(48)34-9-15-38(16-10-34)54(51,52)46-25-29(3)20-30(4)26-46/h7-18,21-22,27-30H,19-20,23-26H2,1-6H3,(H,43,47)(H,44,48). The van der Waals surface area contributed by atoms with Crippen LogP contribution >= 0.6 is 0 Å². The Bertz CT molecular complexity index is 2080. The molecule has 0 bridgehead atoms. The monoisotopic (exact) mass is 770 g/mol. The van der Waals surface area contributed by atoms with E-state index in [1.165, 1.54) is 24.3 Å². The molecule has 0 aliphatic carbocycles. The first-order chi connectivity index (χ1) is 25.5. The van der Waals surface area contributed by atoms with Gasteiger partial charge >= 0.3 is 0 Å². The summed E-state index contributed by atoms with van der Waals surface area (Å²) in [6, 6.07) is 23.6. The van der Waals surface area contributed by atoms with E-state index in [1.54, 1.807) is 32.9 Å². The third kappa shape index (κ3) is 8.62. The minimum atomic E-state index is -3.64. The minimum Gasteiger partial charge on any atom is -0.322 e. The first-order valence-corrected chi connectivity index (χ1v) is 21.4. The van der Waals surface area contributed by atoms with Gasteiger partial charge in [0.05, 0.1) is 9.79 Å². The molecule has 10 nitrogen and oxygen atoms in total. The lowest BCUT2D eigenvalue weighted by Crippen LogP contribution is -2.42. The van der Waals surface area contributed by atoms with E-state index in [0.717, 1.165) is 35.1 Å². The van der Waals surface area contributed by atoms with E-state index < -0.39 is 20.0 Å². The first kappa shape index (κ1) is 39.3. The Morgan fingerprint density at radius 1 is 0.519 bits per heavy atom. The molecule has 4 atom stereocenters. The molecule has 2 amide bonds. The summed E-state index contributed by atoms with van der Waals surface area (Å²) in [6.07, 6.45) is 2.01. The molecule has 0 saturated carbocycles. The number of hydrogen-bond donors (Lipinski definition) is 2. The number of anilines is 2. The predicted octanol–water partition coefficient (Wildman–Crippen LogP) is 7.81. The summed E-state index contributed by atoms with van der Waals surface area (Å²) in [5, 5.41) is 5.89. The summed E-state index contributed by atoms with van der Waals surface area (Å²) >= 11 is 0. The lowest BCUT2D eigenvalue weighted by molar-refractivity contribution is 0.101. The van der Waals surface area contributed by atoms with E-state index in [1.807, 2.05) is 50.2 Å². The highest BCUT2D eigenvalue weighted by atomic mass is 32.2. The van der Waals surface area contributed by atoms with E-state index in [4.69, 9.17) is 0 Å². The molecule has 6 rings (SSSR count). The molecule has 12 heteroatoms. The van der Waals surface area contributed by atoms with Gasteiger partial charge in [0.2, 0.25) is 20.0 Å². The van der Waals surface area contributed by atoms with Crippen molar-refractivity contribution in [2.24, 2.45) is 23.7 Å². The van der Waals surface area contributed by atoms with E-state index in [-0.39, 0.29) is 21.6 Å². The van der Waals surface area contributed by atoms with Crippen LogP contribution < -0.4 is 10.6 Å². The van der Waals surface area contributed by atoms with Gasteiger partial charge in [-0.1, -0.05) is 39.8 Å². The maximum Gasteiger partial charge on any atom is 0.255 e. The van der Waals surface area contributed by atoms with Crippen molar-refractivity contribution in [3.63, 3.8) is 0 Å². The minimum absolute atomic E-state index is 0.182. The summed E-state index contributed by atoms with van der Waals surface area (Å²) in [5.41, 5.74) is 5.53. The van der Waals surface area contributed by atoms with Gasteiger partial charge in [0.1, 0.15) is 0 Å². The summed E-state index contributed by atoms with van der Waals surface area (Å²) < 4.78 is 56.2. The van der Waals surface area contributed by atoms with Crippen molar-refractivity contribution in [3.8, 4) is 11.1 Å². The van der Waals surface area contributed by atoms with Crippen LogP contribution in [-0.4, -0.2) is 63.4 Å². The normalized spacial score (nSPS) is 21.4. The number of nitrogens with zero attached hydrogens (tertiary/aromatic N) is 2. The number of piperidine rings is 2. The molecule has 0 radical (unpaired) electrons. The molecule has 4 unspecified atom stereocenters. The van der Waals surface area contributed by atoms with Gasteiger partial charge in [-0.3, -0.25) is 9.59 Å². The largest absolute Gasteiger partial charge is 0.322 e. The van der Waals surface area contributed by atoms with E-state index in [2.05, 4.69) is 38.3 Å². The van der Waals surface area contributed by atoms with Gasteiger partial charge in [-0.2, -0.15) is 8.61 Å². The molecule has 2 N–H and O–H groups in total. The highest BCUT2D eigenvalue weighted by molar-refractivity contribution is 7.89. The molecule has 2 saturated heterocycles. The fourth-order valence-electron chi connectivity index (χ4n) is 7.81. The quantitative estimate of drug-likeness (QED) is 0.179.